The van der Waals surface area contributed by atoms with Gasteiger partial charge in [-0.3, -0.25) is 9.59 Å². The van der Waals surface area contributed by atoms with E-state index in [0.717, 1.165) is 11.0 Å². The van der Waals surface area contributed by atoms with E-state index in [2.05, 4.69) is 4.98 Å². The van der Waals surface area contributed by atoms with Crippen molar-refractivity contribution >= 4 is 29.2 Å². The molecule has 2 rings (SSSR count). The van der Waals surface area contributed by atoms with Gasteiger partial charge in [-0.2, -0.15) is 0 Å². The normalized spacial score (nSPS) is 10.0. The molecule has 0 atom stereocenters. The van der Waals surface area contributed by atoms with Crippen molar-refractivity contribution in [3.8, 4) is 11.5 Å². The first-order valence-corrected chi connectivity index (χ1v) is 10.3. The lowest BCUT2D eigenvalue weighted by Crippen LogP contribution is -2.34. The number of pyridine rings is 1. The molecule has 0 fully saturated rings. The monoisotopic (exact) mass is 472 g/mol. The fourth-order valence-corrected chi connectivity index (χ4v) is 2.93. The largest absolute Gasteiger partial charge is 0.493 e. The molecule has 1 aromatic heterocycles. The molecule has 0 N–H and O–H groups in total. The number of amides is 1. The van der Waals surface area contributed by atoms with E-state index in [0.29, 0.717) is 11.1 Å². The number of carbonyl (C=O) groups excluding carboxylic acids is 2. The van der Waals surface area contributed by atoms with Crippen LogP contribution in [0.1, 0.15) is 38.3 Å². The number of halogens is 3. The highest BCUT2D eigenvalue weighted by Gasteiger charge is 2.30. The molecule has 1 heterocycles. The average molecular weight is 473 g/mol. The molecule has 0 aliphatic heterocycles. The molecule has 0 bridgehead atoms. The fraction of sp³-hybridized carbons (Fsp3) is 0.409. The third kappa shape index (κ3) is 6.53. The summed E-state index contributed by atoms with van der Waals surface area (Å²) in [6, 6.07) is 2.57. The number of carbonyl (C=O) groups is 2. The van der Waals surface area contributed by atoms with E-state index in [1.54, 1.807) is 19.9 Å². The van der Waals surface area contributed by atoms with Crippen LogP contribution in [0.5, 0.6) is 11.5 Å². The number of benzene rings is 1. The van der Waals surface area contributed by atoms with Gasteiger partial charge in [-0.15, -0.1) is 0 Å². The Bertz CT molecular complexity index is 928. The highest BCUT2D eigenvalue weighted by molar-refractivity contribution is 6.29. The van der Waals surface area contributed by atoms with E-state index in [1.807, 2.05) is 13.8 Å². The Hall–Kier alpha value is -2.94. The zero-order valence-electron chi connectivity index (χ0n) is 18.9. The van der Waals surface area contributed by atoms with Crippen LogP contribution >= 0.6 is 11.6 Å². The van der Waals surface area contributed by atoms with Crippen LogP contribution < -0.4 is 14.4 Å². The molecule has 0 spiro atoms. The van der Waals surface area contributed by atoms with Crippen molar-refractivity contribution < 1.29 is 32.6 Å². The zero-order chi connectivity index (χ0) is 24.4. The number of methoxy groups -OCH3 is 2. The Labute approximate surface area is 191 Å². The fourth-order valence-electron chi connectivity index (χ4n) is 2.72. The summed E-state index contributed by atoms with van der Waals surface area (Å²) in [4.78, 5) is 29.5. The molecule has 0 saturated carbocycles. The molecule has 7 nitrogen and oxygen atoms in total. The molecule has 10 heteroatoms. The molecule has 0 aliphatic carbocycles. The molecular weight excluding hydrogens is 446 g/mol. The van der Waals surface area contributed by atoms with Crippen LogP contribution in [-0.2, 0) is 20.9 Å². The van der Waals surface area contributed by atoms with Crippen molar-refractivity contribution in [1.82, 2.24) is 4.98 Å². The number of hydrogen-bond donors (Lipinski definition) is 0. The minimum absolute atomic E-state index is 0.0576. The SMILES string of the molecule is CC.CCOC(=O)CC(=O)N(Cc1cnc(Cl)cc1C)c1c(F)c(OC)cc(OC)c1F. The molecule has 0 radical (unpaired) electrons. The predicted octanol–water partition coefficient (Wildman–Crippen LogP) is 4.85. The number of esters is 1. The summed E-state index contributed by atoms with van der Waals surface area (Å²) in [6.45, 7) is 7.06. The molecule has 1 aromatic carbocycles. The number of anilines is 1. The number of rotatable bonds is 8. The number of aryl methyl sites for hydroxylation is 1. The van der Waals surface area contributed by atoms with Gasteiger partial charge in [-0.25, -0.2) is 13.8 Å². The highest BCUT2D eigenvalue weighted by Crippen LogP contribution is 2.38. The van der Waals surface area contributed by atoms with Gasteiger partial charge in [-0.05, 0) is 31.0 Å². The Kier molecular flexibility index (Phi) is 10.8. The summed E-state index contributed by atoms with van der Waals surface area (Å²) < 4.78 is 44.8. The summed E-state index contributed by atoms with van der Waals surface area (Å²) in [5, 5.41) is 0.223. The summed E-state index contributed by atoms with van der Waals surface area (Å²) >= 11 is 5.86. The summed E-state index contributed by atoms with van der Waals surface area (Å²) in [5.41, 5.74) is 0.395. The molecule has 1 amide bonds. The van der Waals surface area contributed by atoms with Crippen molar-refractivity contribution in [2.24, 2.45) is 0 Å². The first-order valence-electron chi connectivity index (χ1n) is 9.90. The smallest absolute Gasteiger partial charge is 0.315 e. The van der Waals surface area contributed by atoms with Gasteiger partial charge < -0.3 is 19.1 Å². The van der Waals surface area contributed by atoms with E-state index in [-0.39, 0.29) is 29.8 Å². The molecule has 0 unspecified atom stereocenters. The molecular formula is C22H27ClF2N2O5. The van der Waals surface area contributed by atoms with Crippen molar-refractivity contribution in [3.63, 3.8) is 0 Å². The van der Waals surface area contributed by atoms with Crippen LogP contribution in [0.15, 0.2) is 18.3 Å². The van der Waals surface area contributed by atoms with Crippen LogP contribution in [0.2, 0.25) is 5.15 Å². The van der Waals surface area contributed by atoms with Crippen molar-refractivity contribution in [2.45, 2.75) is 40.7 Å². The average Bonchev–Trinajstić information content (AvgIpc) is 2.76. The lowest BCUT2D eigenvalue weighted by atomic mass is 10.1. The standard InChI is InChI=1S/C20H21ClF2N2O5.C2H6/c1-5-30-17(27)8-16(26)25(10-12-9-24-15(21)6-11(12)2)20-18(22)13(28-3)7-14(29-4)19(20)23;1-2/h6-7,9H,5,8,10H2,1-4H3;1-2H3. The Morgan fingerprint density at radius 3 is 2.12 bits per heavy atom. The van der Waals surface area contributed by atoms with Crippen molar-refractivity contribution in [2.75, 3.05) is 25.7 Å². The maximum atomic E-state index is 15.0. The Balaban J connectivity index is 0.00000249. The number of aromatic nitrogens is 1. The Morgan fingerprint density at radius 2 is 1.66 bits per heavy atom. The van der Waals surface area contributed by atoms with Gasteiger partial charge in [0.25, 0.3) is 0 Å². The van der Waals surface area contributed by atoms with E-state index in [4.69, 9.17) is 25.8 Å². The van der Waals surface area contributed by atoms with E-state index >= 15 is 8.78 Å². The second-order valence-electron chi connectivity index (χ2n) is 6.15. The second-order valence-corrected chi connectivity index (χ2v) is 6.54. The first kappa shape index (κ1) is 27.1. The van der Waals surface area contributed by atoms with Gasteiger partial charge in [0.15, 0.2) is 23.1 Å². The zero-order valence-corrected chi connectivity index (χ0v) is 19.7. The van der Waals surface area contributed by atoms with Crippen LogP contribution in [-0.4, -0.2) is 37.7 Å². The van der Waals surface area contributed by atoms with Crippen LogP contribution in [0.4, 0.5) is 14.5 Å². The summed E-state index contributed by atoms with van der Waals surface area (Å²) in [7, 11) is 2.38. The maximum Gasteiger partial charge on any atom is 0.315 e. The molecule has 0 saturated heterocycles. The molecule has 2 aromatic rings. The first-order chi connectivity index (χ1) is 15.2. The third-order valence-corrected chi connectivity index (χ3v) is 4.44. The quantitative estimate of drug-likeness (QED) is 0.310. The molecule has 32 heavy (non-hydrogen) atoms. The minimum Gasteiger partial charge on any atom is -0.493 e. The second kappa shape index (κ2) is 12.8. The maximum absolute atomic E-state index is 15.0. The van der Waals surface area contributed by atoms with Gasteiger partial charge in [0, 0.05) is 12.3 Å². The number of hydrogen-bond acceptors (Lipinski definition) is 6. The number of ether oxygens (including phenoxy) is 3. The van der Waals surface area contributed by atoms with Crippen LogP contribution in [0.25, 0.3) is 0 Å². The minimum atomic E-state index is -1.12. The van der Waals surface area contributed by atoms with Gasteiger partial charge in [0.05, 0.1) is 27.4 Å². The Morgan fingerprint density at radius 1 is 1.09 bits per heavy atom. The molecule has 176 valence electrons. The predicted molar refractivity (Wildman–Crippen MR) is 117 cm³/mol. The van der Waals surface area contributed by atoms with Gasteiger partial charge in [0.2, 0.25) is 5.91 Å². The van der Waals surface area contributed by atoms with Crippen LogP contribution in [0, 0.1) is 18.6 Å². The topological polar surface area (TPSA) is 78.0 Å². The highest BCUT2D eigenvalue weighted by atomic mass is 35.5. The van der Waals surface area contributed by atoms with E-state index in [1.165, 1.54) is 20.4 Å². The third-order valence-electron chi connectivity index (χ3n) is 4.24. The van der Waals surface area contributed by atoms with Gasteiger partial charge >= 0.3 is 5.97 Å². The van der Waals surface area contributed by atoms with Gasteiger partial charge in [-0.1, -0.05) is 25.4 Å². The lowest BCUT2D eigenvalue weighted by molar-refractivity contribution is -0.145. The number of nitrogens with zero attached hydrogens (tertiary/aromatic N) is 2. The lowest BCUT2D eigenvalue weighted by Gasteiger charge is -2.25. The summed E-state index contributed by atoms with van der Waals surface area (Å²) in [5.74, 6) is -4.60. The van der Waals surface area contributed by atoms with Gasteiger partial charge in [0.1, 0.15) is 17.3 Å². The van der Waals surface area contributed by atoms with Crippen molar-refractivity contribution in [1.29, 1.82) is 0 Å². The summed E-state index contributed by atoms with van der Waals surface area (Å²) in [6.07, 6.45) is 0.668. The van der Waals surface area contributed by atoms with E-state index < -0.39 is 35.6 Å². The van der Waals surface area contributed by atoms with Crippen molar-refractivity contribution in [3.05, 3.63) is 46.2 Å². The molecule has 0 aliphatic rings. The van der Waals surface area contributed by atoms with Crippen LogP contribution in [0.3, 0.4) is 0 Å². The van der Waals surface area contributed by atoms with E-state index in [9.17, 15) is 9.59 Å².